The average molecular weight is 176 g/mol. The van der Waals surface area contributed by atoms with Gasteiger partial charge in [0.25, 0.3) is 0 Å². The molecule has 0 aliphatic rings. The normalized spacial score (nSPS) is 9.43. The molecule has 1 heteroatoms. The van der Waals surface area contributed by atoms with Crippen LogP contribution >= 0.6 is 0 Å². The molecule has 0 atom stereocenters. The van der Waals surface area contributed by atoms with E-state index in [4.69, 9.17) is 0 Å². The molecule has 14 heavy (non-hydrogen) atoms. The van der Waals surface area contributed by atoms with E-state index in [-0.39, 0.29) is 18.9 Å². The third-order valence-electron chi connectivity index (χ3n) is 2.24. The Balaban J connectivity index is 0.000000980. The fourth-order valence-corrected chi connectivity index (χ4v) is 1.63. The molecular weight excluding hydrogens is 163 g/mol. The minimum atomic E-state index is 0. The van der Waals surface area contributed by atoms with Crippen molar-refractivity contribution in [1.29, 1.82) is 0 Å². The average Bonchev–Trinajstić information content (AvgIpc) is 2.19. The van der Waals surface area contributed by atoms with Crippen LogP contribution < -0.4 is 0 Å². The third kappa shape index (κ3) is 2.10. The van der Waals surface area contributed by atoms with Crippen LogP contribution in [-0.2, 0) is 6.42 Å². The molecule has 0 radical (unpaired) electrons. The fourth-order valence-electron chi connectivity index (χ4n) is 1.63. The summed E-state index contributed by atoms with van der Waals surface area (Å²) in [4.78, 5) is 0. The van der Waals surface area contributed by atoms with E-state index in [0.717, 1.165) is 6.42 Å². The summed E-state index contributed by atoms with van der Waals surface area (Å²) in [5, 5.41) is 2.65. The zero-order valence-electron chi connectivity index (χ0n) is 7.53. The van der Waals surface area contributed by atoms with Crippen LogP contribution in [-0.4, -0.2) is 18.9 Å². The topological polar surface area (TPSA) is 0 Å². The van der Waals surface area contributed by atoms with Gasteiger partial charge in [0.1, 0.15) is 0 Å². The van der Waals surface area contributed by atoms with Crippen LogP contribution in [0, 0.1) is 0 Å². The first-order valence-corrected chi connectivity index (χ1v) is 4.49. The van der Waals surface area contributed by atoms with E-state index in [9.17, 15) is 0 Å². The summed E-state index contributed by atoms with van der Waals surface area (Å²) >= 11 is 0. The van der Waals surface area contributed by atoms with Crippen molar-refractivity contribution in [2.24, 2.45) is 0 Å². The van der Waals surface area contributed by atoms with Crippen molar-refractivity contribution in [3.63, 3.8) is 0 Å². The number of benzene rings is 2. The number of hydrogen-bond donors (Lipinski definition) is 0. The molecule has 0 saturated heterocycles. The molecule has 2 aromatic carbocycles. The monoisotopic (exact) mass is 176 g/mol. The Labute approximate surface area is 96.8 Å². The van der Waals surface area contributed by atoms with Crippen molar-refractivity contribution in [2.45, 2.75) is 6.42 Å². The first kappa shape index (κ1) is 11.1. The number of fused-ring (bicyclic) bond motifs is 1. The standard InChI is InChI=1S/C13H12.Li.H/c1-2-6-11-8-5-9-12-7-3-4-10-13(11)12;;/h2-5,7-10H,1,6H2;;. The molecule has 0 spiro atoms. The van der Waals surface area contributed by atoms with Crippen LogP contribution in [0.15, 0.2) is 55.1 Å². The predicted molar refractivity (Wildman–Crippen MR) is 65.0 cm³/mol. The fraction of sp³-hybridized carbons (Fsp3) is 0.0769. The third-order valence-corrected chi connectivity index (χ3v) is 2.24. The first-order valence-electron chi connectivity index (χ1n) is 4.49. The number of allylic oxidation sites excluding steroid dienone is 1. The van der Waals surface area contributed by atoms with Crippen LogP contribution in [0.3, 0.4) is 0 Å². The van der Waals surface area contributed by atoms with Gasteiger partial charge in [-0.1, -0.05) is 48.5 Å². The Morgan fingerprint density at radius 2 is 1.71 bits per heavy atom. The van der Waals surface area contributed by atoms with Crippen molar-refractivity contribution in [1.82, 2.24) is 0 Å². The molecule has 2 aromatic rings. The summed E-state index contributed by atoms with van der Waals surface area (Å²) in [6.45, 7) is 3.76. The van der Waals surface area contributed by atoms with Gasteiger partial charge in [-0.15, -0.1) is 6.58 Å². The Kier molecular flexibility index (Phi) is 4.01. The van der Waals surface area contributed by atoms with E-state index in [1.54, 1.807) is 0 Å². The number of hydrogen-bond acceptors (Lipinski definition) is 0. The molecule has 0 bridgehead atoms. The van der Waals surface area contributed by atoms with Crippen LogP contribution in [0.1, 0.15) is 5.56 Å². The summed E-state index contributed by atoms with van der Waals surface area (Å²) in [7, 11) is 0. The Morgan fingerprint density at radius 1 is 1.00 bits per heavy atom. The van der Waals surface area contributed by atoms with Gasteiger partial charge in [-0.2, -0.15) is 0 Å². The van der Waals surface area contributed by atoms with Crippen LogP contribution in [0.25, 0.3) is 10.8 Å². The molecule has 0 fully saturated rings. The summed E-state index contributed by atoms with van der Waals surface area (Å²) in [6.07, 6.45) is 2.89. The quantitative estimate of drug-likeness (QED) is 0.487. The molecule has 0 N–H and O–H groups in total. The second-order valence-corrected chi connectivity index (χ2v) is 3.13. The second kappa shape index (κ2) is 5.05. The SMILES string of the molecule is C=CCc1cccc2ccccc12.[LiH]. The summed E-state index contributed by atoms with van der Waals surface area (Å²) in [5.74, 6) is 0. The van der Waals surface area contributed by atoms with Crippen molar-refractivity contribution < 1.29 is 0 Å². The predicted octanol–water partition coefficient (Wildman–Crippen LogP) is 2.92. The van der Waals surface area contributed by atoms with Crippen LogP contribution in [0.4, 0.5) is 0 Å². The van der Waals surface area contributed by atoms with Crippen LogP contribution in [0.5, 0.6) is 0 Å². The molecule has 0 amide bonds. The minimum absolute atomic E-state index is 0. The summed E-state index contributed by atoms with van der Waals surface area (Å²) < 4.78 is 0. The second-order valence-electron chi connectivity index (χ2n) is 3.13. The number of rotatable bonds is 2. The van der Waals surface area contributed by atoms with E-state index in [1.807, 2.05) is 6.08 Å². The maximum atomic E-state index is 3.76. The molecule has 0 aliphatic carbocycles. The van der Waals surface area contributed by atoms with Gasteiger partial charge in [0.05, 0.1) is 0 Å². The van der Waals surface area contributed by atoms with Crippen molar-refractivity contribution in [2.75, 3.05) is 0 Å². The molecule has 0 nitrogen and oxygen atoms in total. The van der Waals surface area contributed by atoms with Crippen LogP contribution in [0.2, 0.25) is 0 Å². The van der Waals surface area contributed by atoms with E-state index in [0.29, 0.717) is 0 Å². The van der Waals surface area contributed by atoms with E-state index >= 15 is 0 Å². The van der Waals surface area contributed by atoms with Gasteiger partial charge < -0.3 is 0 Å². The van der Waals surface area contributed by atoms with E-state index < -0.39 is 0 Å². The van der Waals surface area contributed by atoms with Crippen molar-refractivity contribution in [3.05, 3.63) is 60.7 Å². The zero-order chi connectivity index (χ0) is 9.10. The maximum absolute atomic E-state index is 3.76. The summed E-state index contributed by atoms with van der Waals surface area (Å²) in [5.41, 5.74) is 1.35. The molecular formula is C13H13Li. The molecule has 0 aliphatic heterocycles. The molecule has 0 unspecified atom stereocenters. The van der Waals surface area contributed by atoms with Crippen molar-refractivity contribution in [3.8, 4) is 0 Å². The van der Waals surface area contributed by atoms with Gasteiger partial charge in [0.2, 0.25) is 0 Å². The molecule has 2 rings (SSSR count). The van der Waals surface area contributed by atoms with Gasteiger partial charge in [-0.3, -0.25) is 0 Å². The van der Waals surface area contributed by atoms with Gasteiger partial charge in [-0.25, -0.2) is 0 Å². The Bertz CT molecular complexity index is 427. The Hall–Kier alpha value is -0.963. The van der Waals surface area contributed by atoms with E-state index in [1.165, 1.54) is 16.3 Å². The molecule has 0 aromatic heterocycles. The van der Waals surface area contributed by atoms with Gasteiger partial charge in [0.15, 0.2) is 0 Å². The van der Waals surface area contributed by atoms with Gasteiger partial charge in [0, 0.05) is 0 Å². The van der Waals surface area contributed by atoms with Crippen molar-refractivity contribution >= 4 is 29.6 Å². The zero-order valence-corrected chi connectivity index (χ0v) is 7.53. The molecule has 0 saturated carbocycles. The summed E-state index contributed by atoms with van der Waals surface area (Å²) in [6, 6.07) is 14.8. The first-order chi connectivity index (χ1) is 6.42. The molecule has 0 heterocycles. The Morgan fingerprint density at radius 3 is 2.50 bits per heavy atom. The van der Waals surface area contributed by atoms with E-state index in [2.05, 4.69) is 49.0 Å². The molecule has 66 valence electrons. The van der Waals surface area contributed by atoms with Gasteiger partial charge in [-0.05, 0) is 22.8 Å². The van der Waals surface area contributed by atoms with Gasteiger partial charge >= 0.3 is 18.9 Å².